The number of fused-ring (bicyclic) bond motifs is 1. The first-order chi connectivity index (χ1) is 19.0. The zero-order valence-electron chi connectivity index (χ0n) is 21.6. The van der Waals surface area contributed by atoms with E-state index in [1.165, 1.54) is 4.88 Å². The molecule has 8 nitrogen and oxygen atoms in total. The van der Waals surface area contributed by atoms with E-state index in [0.717, 1.165) is 11.1 Å². The predicted octanol–water partition coefficient (Wildman–Crippen LogP) is 2.97. The molecule has 2 aliphatic heterocycles. The highest BCUT2D eigenvalue weighted by atomic mass is 32.1. The summed E-state index contributed by atoms with van der Waals surface area (Å²) in [6, 6.07) is 22.3. The van der Waals surface area contributed by atoms with Gasteiger partial charge in [-0.25, -0.2) is 9.80 Å². The number of carbonyl (C=O) groups is 3. The van der Waals surface area contributed by atoms with Crippen LogP contribution in [0.3, 0.4) is 0 Å². The van der Waals surface area contributed by atoms with Crippen molar-refractivity contribution in [3.8, 4) is 12.3 Å². The van der Waals surface area contributed by atoms with Gasteiger partial charge in [-0.05, 0) is 29.0 Å². The Morgan fingerprint density at radius 3 is 2.38 bits per heavy atom. The summed E-state index contributed by atoms with van der Waals surface area (Å²) >= 11 is 1.65. The SMILES string of the molecule is C#CCN1CC(=O)N2[C@@H](Cc3ccccc3)C(=O)N(CCc3cccs3)C[C@@H]2N1C(=O)NCc1ccccc1. The zero-order chi connectivity index (χ0) is 27.2. The fourth-order valence-corrected chi connectivity index (χ4v) is 5.93. The van der Waals surface area contributed by atoms with Gasteiger partial charge in [-0.15, -0.1) is 17.8 Å². The van der Waals surface area contributed by atoms with Gasteiger partial charge in [-0.3, -0.25) is 9.59 Å². The number of amides is 4. The Balaban J connectivity index is 1.45. The molecule has 5 rings (SSSR count). The molecular weight excluding hydrogens is 510 g/mol. The number of carbonyl (C=O) groups excluding carboxylic acids is 3. The highest BCUT2D eigenvalue weighted by Crippen LogP contribution is 2.28. The second-order valence-corrected chi connectivity index (χ2v) is 10.6. The van der Waals surface area contributed by atoms with E-state index < -0.39 is 12.2 Å². The molecule has 0 bridgehead atoms. The van der Waals surface area contributed by atoms with Gasteiger partial charge in [-0.2, -0.15) is 5.01 Å². The van der Waals surface area contributed by atoms with Crippen molar-refractivity contribution in [2.45, 2.75) is 31.6 Å². The van der Waals surface area contributed by atoms with E-state index in [4.69, 9.17) is 6.42 Å². The van der Waals surface area contributed by atoms with Crippen LogP contribution in [0.5, 0.6) is 0 Å². The first-order valence-electron chi connectivity index (χ1n) is 13.0. The summed E-state index contributed by atoms with van der Waals surface area (Å²) in [6.45, 7) is 1.06. The van der Waals surface area contributed by atoms with Crippen molar-refractivity contribution in [3.63, 3.8) is 0 Å². The Morgan fingerprint density at radius 1 is 1.00 bits per heavy atom. The summed E-state index contributed by atoms with van der Waals surface area (Å²) < 4.78 is 0. The van der Waals surface area contributed by atoms with Gasteiger partial charge in [-0.1, -0.05) is 72.7 Å². The largest absolute Gasteiger partial charge is 0.337 e. The van der Waals surface area contributed by atoms with E-state index >= 15 is 0 Å². The maximum Gasteiger partial charge on any atom is 0.334 e. The fourth-order valence-electron chi connectivity index (χ4n) is 5.23. The van der Waals surface area contributed by atoms with Gasteiger partial charge in [0.2, 0.25) is 11.8 Å². The van der Waals surface area contributed by atoms with Crippen LogP contribution >= 0.6 is 11.3 Å². The van der Waals surface area contributed by atoms with Crippen molar-refractivity contribution in [2.75, 3.05) is 26.2 Å². The summed E-state index contributed by atoms with van der Waals surface area (Å²) in [4.78, 5) is 45.7. The summed E-state index contributed by atoms with van der Waals surface area (Å²) in [5, 5.41) is 8.16. The number of hydrazine groups is 1. The van der Waals surface area contributed by atoms with Crippen LogP contribution in [0, 0.1) is 12.3 Å². The Labute approximate surface area is 232 Å². The number of benzene rings is 2. The zero-order valence-corrected chi connectivity index (χ0v) is 22.4. The van der Waals surface area contributed by atoms with E-state index in [0.29, 0.717) is 25.9 Å². The number of urea groups is 1. The number of piperazine rings is 1. The number of thiophene rings is 1. The van der Waals surface area contributed by atoms with Crippen LogP contribution in [-0.4, -0.2) is 76.0 Å². The molecule has 0 spiro atoms. The number of rotatable bonds is 8. The highest BCUT2D eigenvalue weighted by Gasteiger charge is 2.51. The molecule has 2 aromatic carbocycles. The average Bonchev–Trinajstić information content (AvgIpc) is 3.47. The third-order valence-electron chi connectivity index (χ3n) is 7.08. The molecule has 9 heteroatoms. The van der Waals surface area contributed by atoms with E-state index in [2.05, 4.69) is 17.3 Å². The molecule has 2 saturated heterocycles. The number of nitrogens with one attached hydrogen (secondary N) is 1. The molecule has 0 radical (unpaired) electrons. The highest BCUT2D eigenvalue weighted by molar-refractivity contribution is 7.09. The summed E-state index contributed by atoms with van der Waals surface area (Å²) in [7, 11) is 0. The van der Waals surface area contributed by atoms with Crippen LogP contribution in [0.2, 0.25) is 0 Å². The van der Waals surface area contributed by atoms with Gasteiger partial charge in [0.1, 0.15) is 12.2 Å². The smallest absolute Gasteiger partial charge is 0.334 e. The Bertz CT molecular complexity index is 1330. The Hall–Kier alpha value is -4.13. The van der Waals surface area contributed by atoms with Crippen LogP contribution in [-0.2, 0) is 29.0 Å². The van der Waals surface area contributed by atoms with Crippen molar-refractivity contribution in [2.24, 2.45) is 0 Å². The normalized spacial score (nSPS) is 19.5. The molecule has 3 aromatic rings. The van der Waals surface area contributed by atoms with Crippen LogP contribution in [0.4, 0.5) is 4.79 Å². The maximum absolute atomic E-state index is 13.9. The second-order valence-electron chi connectivity index (χ2n) is 9.62. The van der Waals surface area contributed by atoms with E-state index in [-0.39, 0.29) is 37.5 Å². The van der Waals surface area contributed by atoms with Crippen molar-refractivity contribution in [1.82, 2.24) is 25.1 Å². The van der Waals surface area contributed by atoms with Crippen molar-refractivity contribution in [1.29, 1.82) is 0 Å². The molecule has 39 heavy (non-hydrogen) atoms. The standard InChI is InChI=1S/C30H31N5O3S/c1-2-16-33-22-28(36)34-26(19-23-10-5-3-6-11-23)29(37)32(17-15-25-14-9-18-39-25)21-27(34)35(33)30(38)31-20-24-12-7-4-8-13-24/h1,3-14,18,26-27H,15-17,19-22H2,(H,31,38)/t26-,27-/m0/s1. The van der Waals surface area contributed by atoms with Gasteiger partial charge < -0.3 is 15.1 Å². The average molecular weight is 542 g/mol. The molecule has 1 N–H and O–H groups in total. The molecule has 3 heterocycles. The first kappa shape index (κ1) is 26.5. The van der Waals surface area contributed by atoms with E-state index in [1.807, 2.05) is 72.1 Å². The molecule has 4 amide bonds. The number of hydrogen-bond acceptors (Lipinski definition) is 5. The fraction of sp³-hybridized carbons (Fsp3) is 0.300. The second kappa shape index (κ2) is 12.2. The molecule has 0 unspecified atom stereocenters. The lowest BCUT2D eigenvalue weighted by molar-refractivity contribution is -0.188. The van der Waals surface area contributed by atoms with Crippen LogP contribution in [0.1, 0.15) is 16.0 Å². The summed E-state index contributed by atoms with van der Waals surface area (Å²) in [5.74, 6) is 2.27. The minimum Gasteiger partial charge on any atom is -0.337 e. The summed E-state index contributed by atoms with van der Waals surface area (Å²) in [6.07, 6.45) is 6.04. The molecule has 2 fully saturated rings. The molecule has 2 atom stereocenters. The van der Waals surface area contributed by atoms with Gasteiger partial charge in [0.15, 0.2) is 0 Å². The topological polar surface area (TPSA) is 76.2 Å². The third kappa shape index (κ3) is 5.98. The van der Waals surface area contributed by atoms with E-state index in [9.17, 15) is 14.4 Å². The minimum atomic E-state index is -0.723. The van der Waals surface area contributed by atoms with Gasteiger partial charge in [0.05, 0.1) is 19.6 Å². The minimum absolute atomic E-state index is 0.0762. The number of nitrogens with zero attached hydrogens (tertiary/aromatic N) is 4. The number of hydrogen-bond donors (Lipinski definition) is 1. The Kier molecular flexibility index (Phi) is 8.25. The first-order valence-corrected chi connectivity index (χ1v) is 13.9. The lowest BCUT2D eigenvalue weighted by atomic mass is 9.98. The summed E-state index contributed by atoms with van der Waals surface area (Å²) in [5.41, 5.74) is 1.91. The lowest BCUT2D eigenvalue weighted by Gasteiger charge is -2.55. The lowest BCUT2D eigenvalue weighted by Crippen LogP contribution is -2.76. The monoisotopic (exact) mass is 541 g/mol. The van der Waals surface area contributed by atoms with Crippen LogP contribution in [0.25, 0.3) is 0 Å². The van der Waals surface area contributed by atoms with Crippen molar-refractivity contribution in [3.05, 3.63) is 94.2 Å². The van der Waals surface area contributed by atoms with Crippen LogP contribution < -0.4 is 5.32 Å². The number of terminal acetylenes is 1. The molecule has 1 aromatic heterocycles. The van der Waals surface area contributed by atoms with Gasteiger partial charge >= 0.3 is 6.03 Å². The quantitative estimate of drug-likeness (QED) is 0.445. The molecule has 0 aliphatic carbocycles. The molecule has 2 aliphatic rings. The molecule has 200 valence electrons. The van der Waals surface area contributed by atoms with Crippen molar-refractivity contribution < 1.29 is 14.4 Å². The Morgan fingerprint density at radius 2 is 1.72 bits per heavy atom. The van der Waals surface area contributed by atoms with Crippen molar-refractivity contribution >= 4 is 29.2 Å². The third-order valence-corrected chi connectivity index (χ3v) is 8.01. The van der Waals surface area contributed by atoms with Gasteiger partial charge in [0.25, 0.3) is 0 Å². The van der Waals surface area contributed by atoms with Gasteiger partial charge in [0, 0.05) is 24.4 Å². The van der Waals surface area contributed by atoms with Crippen LogP contribution in [0.15, 0.2) is 78.2 Å². The predicted molar refractivity (Wildman–Crippen MR) is 150 cm³/mol. The maximum atomic E-state index is 13.9. The molecular formula is C30H31N5O3S. The van der Waals surface area contributed by atoms with E-state index in [1.54, 1.807) is 31.2 Å². The molecule has 0 saturated carbocycles.